The Morgan fingerprint density at radius 2 is 2.36 bits per heavy atom. The second-order valence-electron chi connectivity index (χ2n) is 2.32. The quantitative estimate of drug-likeness (QED) is 0.406. The maximum Gasteiger partial charge on any atom is 0.202 e. The molecule has 0 heterocycles. The lowest BCUT2D eigenvalue weighted by Gasteiger charge is -2.20. The third kappa shape index (κ3) is 1.22. The molecule has 1 nitrogen and oxygen atoms in total. The van der Waals surface area contributed by atoms with Gasteiger partial charge in [-0.15, -0.1) is 6.42 Å². The Morgan fingerprint density at radius 1 is 1.64 bits per heavy atom. The summed E-state index contributed by atoms with van der Waals surface area (Å²) in [7, 11) is 0. The summed E-state index contributed by atoms with van der Waals surface area (Å²) in [6.45, 7) is 0. The highest BCUT2D eigenvalue weighted by atomic mass is 19.1. The van der Waals surface area contributed by atoms with E-state index in [1.54, 1.807) is 6.08 Å². The predicted octanol–water partition coefficient (Wildman–Crippen LogP) is 1.27. The summed E-state index contributed by atoms with van der Waals surface area (Å²) in [6, 6.07) is 0. The Bertz CT molecular complexity index is 259. The van der Waals surface area contributed by atoms with E-state index in [4.69, 9.17) is 6.42 Å². The van der Waals surface area contributed by atoms with Crippen molar-refractivity contribution >= 4 is 6.29 Å². The summed E-state index contributed by atoms with van der Waals surface area (Å²) in [6.07, 6.45) is 11.2. The van der Waals surface area contributed by atoms with E-state index in [0.29, 0.717) is 6.29 Å². The number of hydrogen-bond donors (Lipinski definition) is 0. The maximum atomic E-state index is 13.4. The highest BCUT2D eigenvalue weighted by Gasteiger charge is 2.33. The lowest BCUT2D eigenvalue weighted by Crippen LogP contribution is -2.30. The summed E-state index contributed by atoms with van der Waals surface area (Å²) in [4.78, 5) is 10.3. The number of carbonyl (C=O) groups is 1. The highest BCUT2D eigenvalue weighted by Crippen LogP contribution is 2.26. The minimum Gasteiger partial charge on any atom is -0.303 e. The molecule has 0 fully saturated rings. The van der Waals surface area contributed by atoms with E-state index >= 15 is 0 Å². The lowest BCUT2D eigenvalue weighted by atomic mass is 9.87. The second-order valence-corrected chi connectivity index (χ2v) is 2.32. The van der Waals surface area contributed by atoms with Gasteiger partial charge in [-0.05, 0) is 6.08 Å². The molecule has 0 amide bonds. The summed E-state index contributed by atoms with van der Waals surface area (Å²) in [5.74, 6) is 1.11. The Hall–Kier alpha value is -1.36. The third-order valence-electron chi connectivity index (χ3n) is 1.62. The monoisotopic (exact) mass is 150 g/mol. The average molecular weight is 150 g/mol. The van der Waals surface area contributed by atoms with Gasteiger partial charge in [0.05, 0.1) is 5.92 Å². The molecule has 2 unspecified atom stereocenters. The van der Waals surface area contributed by atoms with Crippen molar-refractivity contribution in [2.24, 2.45) is 5.92 Å². The summed E-state index contributed by atoms with van der Waals surface area (Å²) >= 11 is 0. The van der Waals surface area contributed by atoms with E-state index in [9.17, 15) is 9.18 Å². The summed E-state index contributed by atoms with van der Waals surface area (Å²) in [5.41, 5.74) is -1.92. The van der Waals surface area contributed by atoms with Crippen LogP contribution in [0.5, 0.6) is 0 Å². The van der Waals surface area contributed by atoms with Crippen LogP contribution in [0.15, 0.2) is 24.3 Å². The van der Waals surface area contributed by atoms with E-state index in [-0.39, 0.29) is 0 Å². The third-order valence-corrected chi connectivity index (χ3v) is 1.62. The van der Waals surface area contributed by atoms with Gasteiger partial charge in [0.2, 0.25) is 5.67 Å². The van der Waals surface area contributed by atoms with Crippen molar-refractivity contribution in [1.29, 1.82) is 0 Å². The van der Waals surface area contributed by atoms with Crippen LogP contribution < -0.4 is 0 Å². The lowest BCUT2D eigenvalue weighted by molar-refractivity contribution is -0.111. The molecule has 1 aliphatic rings. The maximum absolute atomic E-state index is 13.4. The van der Waals surface area contributed by atoms with Crippen molar-refractivity contribution in [2.75, 3.05) is 0 Å². The van der Waals surface area contributed by atoms with Crippen LogP contribution in [0, 0.1) is 18.3 Å². The van der Waals surface area contributed by atoms with Crippen molar-refractivity contribution in [3.05, 3.63) is 24.3 Å². The first-order valence-corrected chi connectivity index (χ1v) is 3.21. The fourth-order valence-corrected chi connectivity index (χ4v) is 0.919. The molecule has 11 heavy (non-hydrogen) atoms. The summed E-state index contributed by atoms with van der Waals surface area (Å²) < 4.78 is 13.4. The minimum atomic E-state index is -1.92. The van der Waals surface area contributed by atoms with Crippen molar-refractivity contribution in [3.63, 3.8) is 0 Å². The van der Waals surface area contributed by atoms with Gasteiger partial charge in [0.25, 0.3) is 0 Å². The first kappa shape index (κ1) is 7.74. The van der Waals surface area contributed by atoms with Crippen LogP contribution in [0.4, 0.5) is 4.39 Å². The van der Waals surface area contributed by atoms with E-state index in [2.05, 4.69) is 0 Å². The number of aldehydes is 1. The molecule has 0 saturated heterocycles. The predicted molar refractivity (Wildman–Crippen MR) is 40.5 cm³/mol. The Morgan fingerprint density at radius 3 is 2.82 bits per heavy atom. The smallest absolute Gasteiger partial charge is 0.202 e. The number of carbonyl (C=O) groups excluding carboxylic acids is 1. The van der Waals surface area contributed by atoms with Crippen molar-refractivity contribution in [1.82, 2.24) is 0 Å². The first-order chi connectivity index (χ1) is 5.23. The normalized spacial score (nSPS) is 34.7. The van der Waals surface area contributed by atoms with Gasteiger partial charge in [-0.1, -0.05) is 24.1 Å². The Kier molecular flexibility index (Phi) is 1.91. The van der Waals surface area contributed by atoms with E-state index in [1.165, 1.54) is 18.2 Å². The van der Waals surface area contributed by atoms with Crippen molar-refractivity contribution in [3.8, 4) is 12.3 Å². The molecule has 0 N–H and O–H groups in total. The van der Waals surface area contributed by atoms with Crippen molar-refractivity contribution in [2.45, 2.75) is 5.67 Å². The van der Waals surface area contributed by atoms with Gasteiger partial charge in [-0.25, -0.2) is 4.39 Å². The molecular formula is C9H7FO. The number of rotatable bonds is 1. The molecule has 1 aliphatic carbocycles. The molecular weight excluding hydrogens is 143 g/mol. The van der Waals surface area contributed by atoms with Crippen LogP contribution in [-0.4, -0.2) is 12.0 Å². The molecule has 56 valence electrons. The molecule has 0 aromatic rings. The van der Waals surface area contributed by atoms with Gasteiger partial charge in [-0.3, -0.25) is 0 Å². The number of terminal acetylenes is 1. The van der Waals surface area contributed by atoms with Gasteiger partial charge in [-0.2, -0.15) is 0 Å². The van der Waals surface area contributed by atoms with Crippen LogP contribution in [0.1, 0.15) is 0 Å². The van der Waals surface area contributed by atoms with Gasteiger partial charge < -0.3 is 4.79 Å². The number of hydrogen-bond acceptors (Lipinski definition) is 1. The molecule has 2 atom stereocenters. The fourth-order valence-electron chi connectivity index (χ4n) is 0.919. The SMILES string of the molecule is C#CC1(F)C=CC=CC1C=O. The molecule has 0 saturated carbocycles. The zero-order valence-corrected chi connectivity index (χ0v) is 5.83. The number of alkyl halides is 1. The van der Waals surface area contributed by atoms with Gasteiger partial charge in [0, 0.05) is 0 Å². The van der Waals surface area contributed by atoms with Crippen molar-refractivity contribution < 1.29 is 9.18 Å². The van der Waals surface area contributed by atoms with Crippen LogP contribution in [0.2, 0.25) is 0 Å². The van der Waals surface area contributed by atoms with E-state index in [0.717, 1.165) is 0 Å². The standard InChI is InChI=1S/C9H7FO/c1-2-9(10)6-4-3-5-8(9)7-11/h1,3-8H. The van der Waals surface area contributed by atoms with Crippen LogP contribution in [0.3, 0.4) is 0 Å². The molecule has 0 bridgehead atoms. The molecule has 0 spiro atoms. The molecule has 1 rings (SSSR count). The highest BCUT2D eigenvalue weighted by molar-refractivity contribution is 5.63. The topological polar surface area (TPSA) is 17.1 Å². The number of allylic oxidation sites excluding steroid dienone is 4. The van der Waals surface area contributed by atoms with Crippen LogP contribution in [0.25, 0.3) is 0 Å². The largest absolute Gasteiger partial charge is 0.303 e. The first-order valence-electron chi connectivity index (χ1n) is 3.21. The second kappa shape index (κ2) is 2.71. The van der Waals surface area contributed by atoms with E-state index in [1.807, 2.05) is 5.92 Å². The molecule has 0 radical (unpaired) electrons. The van der Waals surface area contributed by atoms with Crippen LogP contribution >= 0.6 is 0 Å². The van der Waals surface area contributed by atoms with E-state index < -0.39 is 11.6 Å². The number of halogens is 1. The molecule has 0 aliphatic heterocycles. The fraction of sp³-hybridized carbons (Fsp3) is 0.222. The minimum absolute atomic E-state index is 0.514. The molecule has 0 aromatic heterocycles. The average Bonchev–Trinajstić information content (AvgIpc) is 2.05. The van der Waals surface area contributed by atoms with Gasteiger partial charge in [0.15, 0.2) is 0 Å². The Labute approximate surface area is 64.6 Å². The Balaban J connectivity index is 2.97. The zero-order chi connectivity index (χ0) is 8.32. The molecule has 2 heteroatoms. The summed E-state index contributed by atoms with van der Waals surface area (Å²) in [5, 5.41) is 0. The van der Waals surface area contributed by atoms with Crippen LogP contribution in [-0.2, 0) is 4.79 Å². The molecule has 0 aromatic carbocycles. The van der Waals surface area contributed by atoms with Gasteiger partial charge >= 0.3 is 0 Å². The zero-order valence-electron chi connectivity index (χ0n) is 5.83. The van der Waals surface area contributed by atoms with Gasteiger partial charge in [0.1, 0.15) is 6.29 Å².